The van der Waals surface area contributed by atoms with Gasteiger partial charge in [-0.25, -0.2) is 4.99 Å². The lowest BCUT2D eigenvalue weighted by molar-refractivity contribution is 0.535. The number of amidine groups is 1. The van der Waals surface area contributed by atoms with Crippen LogP contribution < -0.4 is 5.73 Å². The van der Waals surface area contributed by atoms with Crippen molar-refractivity contribution in [3.8, 4) is 0 Å². The Labute approximate surface area is 135 Å². The second-order valence-corrected chi connectivity index (χ2v) is 5.42. The predicted octanol–water partition coefficient (Wildman–Crippen LogP) is 5.02. The number of hydrogen-bond donors (Lipinski definition) is 1. The van der Waals surface area contributed by atoms with Crippen LogP contribution in [0.15, 0.2) is 64.7 Å². The molecule has 0 aromatic rings. The molecule has 1 rings (SSSR count). The number of nitrogens with two attached hydrogens (primary N) is 1. The van der Waals surface area contributed by atoms with E-state index in [-0.39, 0.29) is 0 Å². The van der Waals surface area contributed by atoms with Gasteiger partial charge >= 0.3 is 0 Å². The summed E-state index contributed by atoms with van der Waals surface area (Å²) in [7, 11) is 0. The smallest absolute Gasteiger partial charge is 0.148 e. The molecule has 0 aromatic heterocycles. The van der Waals surface area contributed by atoms with Crippen LogP contribution in [-0.4, -0.2) is 10.7 Å². The molecule has 0 radical (unpaired) electrons. The Morgan fingerprint density at radius 1 is 1.36 bits per heavy atom. The number of unbranched alkanes of at least 4 members (excludes halogenated alkanes) is 2. The van der Waals surface area contributed by atoms with Gasteiger partial charge in [-0.15, -0.1) is 0 Å². The number of aliphatic imine (C=N–C) groups is 1. The Kier molecular flexibility index (Phi) is 7.44. The van der Waals surface area contributed by atoms with Gasteiger partial charge in [-0.1, -0.05) is 44.6 Å². The Morgan fingerprint density at radius 3 is 2.68 bits per heavy atom. The minimum atomic E-state index is 0.542. The molecule has 1 aliphatic heterocycles. The molecule has 0 spiro atoms. The lowest BCUT2D eigenvalue weighted by atomic mass is 10.0. The number of rotatable bonds is 7. The standard InChI is InChI=1S/C19H29N3/c1-6-9-10-12-17(8-3)22-14-13-21-19(20)18(22)16(5)15(4)11-7-2/h7-8,11,13-14H,4,6,9-10,12H2,1-3,5H3,(H2,20,21). The van der Waals surface area contributed by atoms with E-state index in [1.807, 2.05) is 32.2 Å². The van der Waals surface area contributed by atoms with Crippen LogP contribution in [0.1, 0.15) is 53.4 Å². The molecule has 0 aromatic carbocycles. The average molecular weight is 299 g/mol. The highest BCUT2D eigenvalue weighted by Crippen LogP contribution is 2.27. The molecule has 120 valence electrons. The van der Waals surface area contributed by atoms with Gasteiger partial charge in [0.05, 0.1) is 5.70 Å². The molecule has 0 bridgehead atoms. The molecule has 0 aliphatic carbocycles. The second-order valence-electron chi connectivity index (χ2n) is 5.42. The molecule has 0 saturated heterocycles. The third-order valence-electron chi connectivity index (χ3n) is 3.80. The van der Waals surface area contributed by atoms with Gasteiger partial charge in [0.25, 0.3) is 0 Å². The quantitative estimate of drug-likeness (QED) is 0.529. The van der Waals surface area contributed by atoms with Crippen LogP contribution >= 0.6 is 0 Å². The Morgan fingerprint density at radius 2 is 2.09 bits per heavy atom. The fourth-order valence-corrected chi connectivity index (χ4v) is 2.49. The molecule has 0 fully saturated rings. The molecule has 1 heterocycles. The van der Waals surface area contributed by atoms with E-state index >= 15 is 0 Å². The highest BCUT2D eigenvalue weighted by Gasteiger charge is 2.20. The zero-order valence-corrected chi connectivity index (χ0v) is 14.4. The van der Waals surface area contributed by atoms with Crippen molar-refractivity contribution >= 4 is 5.84 Å². The van der Waals surface area contributed by atoms with E-state index in [1.165, 1.54) is 25.0 Å². The minimum Gasteiger partial charge on any atom is -0.382 e. The summed E-state index contributed by atoms with van der Waals surface area (Å²) in [6.45, 7) is 12.5. The van der Waals surface area contributed by atoms with E-state index in [0.29, 0.717) is 5.84 Å². The van der Waals surface area contributed by atoms with Gasteiger partial charge in [-0.3, -0.25) is 0 Å². The lowest BCUT2D eigenvalue weighted by Crippen LogP contribution is -2.31. The summed E-state index contributed by atoms with van der Waals surface area (Å²) in [4.78, 5) is 6.41. The van der Waals surface area contributed by atoms with Crippen LogP contribution in [-0.2, 0) is 0 Å². The summed E-state index contributed by atoms with van der Waals surface area (Å²) < 4.78 is 0. The van der Waals surface area contributed by atoms with E-state index in [9.17, 15) is 0 Å². The van der Waals surface area contributed by atoms with E-state index < -0.39 is 0 Å². The molecule has 0 unspecified atom stereocenters. The van der Waals surface area contributed by atoms with Gasteiger partial charge in [0.1, 0.15) is 5.84 Å². The van der Waals surface area contributed by atoms with Crippen LogP contribution in [0.4, 0.5) is 0 Å². The van der Waals surface area contributed by atoms with Crippen LogP contribution in [0, 0.1) is 0 Å². The highest BCUT2D eigenvalue weighted by atomic mass is 15.2. The Hall–Kier alpha value is -2.03. The van der Waals surface area contributed by atoms with Crippen molar-refractivity contribution in [2.75, 3.05) is 0 Å². The number of hydrogen-bond acceptors (Lipinski definition) is 3. The molecular weight excluding hydrogens is 270 g/mol. The van der Waals surface area contributed by atoms with Crippen molar-refractivity contribution in [2.45, 2.75) is 53.4 Å². The first-order valence-corrected chi connectivity index (χ1v) is 8.04. The highest BCUT2D eigenvalue weighted by molar-refractivity contribution is 5.99. The van der Waals surface area contributed by atoms with E-state index in [1.54, 1.807) is 6.20 Å². The molecule has 22 heavy (non-hydrogen) atoms. The predicted molar refractivity (Wildman–Crippen MR) is 97.2 cm³/mol. The van der Waals surface area contributed by atoms with Gasteiger partial charge in [0.2, 0.25) is 0 Å². The third-order valence-corrected chi connectivity index (χ3v) is 3.80. The summed E-state index contributed by atoms with van der Waals surface area (Å²) in [5.74, 6) is 0.542. The molecule has 0 saturated carbocycles. The Balaban J connectivity index is 3.15. The lowest BCUT2D eigenvalue weighted by Gasteiger charge is -2.30. The zero-order chi connectivity index (χ0) is 16.5. The first kappa shape index (κ1) is 18.0. The minimum absolute atomic E-state index is 0.542. The van der Waals surface area contributed by atoms with Crippen molar-refractivity contribution in [1.29, 1.82) is 0 Å². The summed E-state index contributed by atoms with van der Waals surface area (Å²) >= 11 is 0. The molecule has 0 atom stereocenters. The van der Waals surface area contributed by atoms with Crippen molar-refractivity contribution in [1.82, 2.24) is 4.90 Å². The molecule has 3 heteroatoms. The van der Waals surface area contributed by atoms with Gasteiger partial charge in [-0.2, -0.15) is 0 Å². The zero-order valence-electron chi connectivity index (χ0n) is 14.4. The van der Waals surface area contributed by atoms with Crippen LogP contribution in [0.2, 0.25) is 0 Å². The van der Waals surface area contributed by atoms with Gasteiger partial charge < -0.3 is 10.6 Å². The van der Waals surface area contributed by atoms with Crippen molar-refractivity contribution in [3.63, 3.8) is 0 Å². The molecule has 2 N–H and O–H groups in total. The summed E-state index contributed by atoms with van der Waals surface area (Å²) in [6, 6.07) is 0. The normalized spacial score (nSPS) is 17.9. The van der Waals surface area contributed by atoms with E-state index in [4.69, 9.17) is 5.73 Å². The summed E-state index contributed by atoms with van der Waals surface area (Å²) in [5.41, 5.74) is 10.4. The van der Waals surface area contributed by atoms with Crippen molar-refractivity contribution < 1.29 is 0 Å². The largest absolute Gasteiger partial charge is 0.382 e. The van der Waals surface area contributed by atoms with Crippen molar-refractivity contribution in [3.05, 3.63) is 59.7 Å². The fourth-order valence-electron chi connectivity index (χ4n) is 2.49. The van der Waals surface area contributed by atoms with Gasteiger partial charge in [-0.05, 0) is 44.8 Å². The summed E-state index contributed by atoms with van der Waals surface area (Å²) in [5, 5.41) is 0. The van der Waals surface area contributed by atoms with Crippen molar-refractivity contribution in [2.24, 2.45) is 10.7 Å². The van der Waals surface area contributed by atoms with Gasteiger partial charge in [0.15, 0.2) is 0 Å². The molecule has 0 amide bonds. The van der Waals surface area contributed by atoms with E-state index in [2.05, 4.69) is 36.4 Å². The monoisotopic (exact) mass is 299 g/mol. The average Bonchev–Trinajstić information content (AvgIpc) is 2.51. The Bertz CT molecular complexity index is 545. The molecule has 3 nitrogen and oxygen atoms in total. The van der Waals surface area contributed by atoms with Gasteiger partial charge in [0, 0.05) is 18.1 Å². The molecular formula is C19H29N3. The third kappa shape index (κ3) is 4.48. The number of nitrogens with zero attached hydrogens (tertiary/aromatic N) is 2. The SMILES string of the molecule is C=C(C=CC)C(C)=C1C(N)=NC=CN1C(=CC)CCCCC. The fraction of sp³-hybridized carbons (Fsp3) is 0.421. The maximum Gasteiger partial charge on any atom is 0.148 e. The van der Waals surface area contributed by atoms with Crippen LogP contribution in [0.5, 0.6) is 0 Å². The summed E-state index contributed by atoms with van der Waals surface area (Å²) in [6.07, 6.45) is 14.6. The molecule has 1 aliphatic rings. The first-order chi connectivity index (χ1) is 10.6. The second kappa shape index (κ2) is 9.08. The topological polar surface area (TPSA) is 41.6 Å². The maximum atomic E-state index is 6.16. The van der Waals surface area contributed by atoms with E-state index in [0.717, 1.165) is 23.3 Å². The first-order valence-electron chi connectivity index (χ1n) is 8.04. The number of allylic oxidation sites excluding steroid dienone is 6. The maximum absolute atomic E-state index is 6.16. The van der Waals surface area contributed by atoms with Crippen LogP contribution in [0.25, 0.3) is 0 Å². The van der Waals surface area contributed by atoms with Crippen LogP contribution in [0.3, 0.4) is 0 Å².